The first kappa shape index (κ1) is 20.2. The van der Waals surface area contributed by atoms with Crippen LogP contribution in [0.25, 0.3) is 0 Å². The van der Waals surface area contributed by atoms with Crippen molar-refractivity contribution < 1.29 is 19.1 Å². The number of halogens is 1. The van der Waals surface area contributed by atoms with Crippen LogP contribution in [0.2, 0.25) is 0 Å². The van der Waals surface area contributed by atoms with Crippen molar-refractivity contribution in [1.29, 1.82) is 0 Å². The zero-order chi connectivity index (χ0) is 21.9. The molecule has 160 valence electrons. The molecule has 0 radical (unpaired) electrons. The molecule has 2 aliphatic carbocycles. The van der Waals surface area contributed by atoms with Gasteiger partial charge in [-0.05, 0) is 55.5 Å². The van der Waals surface area contributed by atoms with Crippen LogP contribution in [0.5, 0.6) is 0 Å². The summed E-state index contributed by atoms with van der Waals surface area (Å²) >= 11 is 3.63. The average Bonchev–Trinajstić information content (AvgIpc) is 3.35. The summed E-state index contributed by atoms with van der Waals surface area (Å²) in [5.41, 5.74) is 3.75. The maximum Gasteiger partial charge on any atom is 0.310 e. The van der Waals surface area contributed by atoms with Crippen molar-refractivity contribution in [3.8, 4) is 0 Å². The van der Waals surface area contributed by atoms with Crippen LogP contribution in [-0.4, -0.2) is 28.7 Å². The lowest BCUT2D eigenvalue weighted by molar-refractivity contribution is -0.145. The number of carbonyl (C=O) groups is 3. The lowest BCUT2D eigenvalue weighted by Gasteiger charge is -2.27. The molecule has 0 spiro atoms. The van der Waals surface area contributed by atoms with Gasteiger partial charge < -0.3 is 15.4 Å². The van der Waals surface area contributed by atoms with E-state index >= 15 is 0 Å². The van der Waals surface area contributed by atoms with Crippen molar-refractivity contribution in [2.24, 2.45) is 23.7 Å². The molecule has 2 amide bonds. The van der Waals surface area contributed by atoms with Gasteiger partial charge in [0.2, 0.25) is 5.91 Å². The Morgan fingerprint density at radius 2 is 1.74 bits per heavy atom. The quantitative estimate of drug-likeness (QED) is 0.508. The van der Waals surface area contributed by atoms with Crippen molar-refractivity contribution in [3.05, 3.63) is 59.2 Å². The molecule has 2 aromatic carbocycles. The smallest absolute Gasteiger partial charge is 0.310 e. The van der Waals surface area contributed by atoms with Gasteiger partial charge in [0.25, 0.3) is 5.91 Å². The van der Waals surface area contributed by atoms with E-state index in [0.29, 0.717) is 11.3 Å². The molecule has 7 heteroatoms. The molecule has 2 aromatic rings. The molecule has 0 unspecified atom stereocenters. The first-order chi connectivity index (χ1) is 14.8. The molecule has 1 heterocycles. The molecule has 5 rings (SSSR count). The van der Waals surface area contributed by atoms with Gasteiger partial charge in [0.05, 0.1) is 16.7 Å². The number of hydrogen-bond donors (Lipinski definition) is 2. The number of alkyl halides is 1. The number of carbonyl (C=O) groups excluding carboxylic acids is 3. The number of anilines is 2. The molecule has 0 aromatic heterocycles. The Balaban J connectivity index is 1.32. The maximum atomic E-state index is 13.1. The molecule has 1 saturated heterocycles. The van der Waals surface area contributed by atoms with Crippen molar-refractivity contribution in [3.63, 3.8) is 0 Å². The van der Waals surface area contributed by atoms with Crippen molar-refractivity contribution >= 4 is 45.1 Å². The van der Waals surface area contributed by atoms with E-state index in [1.807, 2.05) is 32.0 Å². The van der Waals surface area contributed by atoms with Crippen LogP contribution in [-0.2, 0) is 14.3 Å². The highest BCUT2D eigenvalue weighted by atomic mass is 79.9. The van der Waals surface area contributed by atoms with Crippen LogP contribution < -0.4 is 10.6 Å². The van der Waals surface area contributed by atoms with Crippen LogP contribution in [0, 0.1) is 37.5 Å². The number of para-hydroxylation sites is 1. The number of rotatable bonds is 4. The number of esters is 1. The Hall–Kier alpha value is -2.67. The topological polar surface area (TPSA) is 84.5 Å². The van der Waals surface area contributed by atoms with Gasteiger partial charge in [-0.3, -0.25) is 14.4 Å². The summed E-state index contributed by atoms with van der Waals surface area (Å²) in [7, 11) is 0. The number of fused-ring (bicyclic) bond motifs is 1. The van der Waals surface area contributed by atoms with Gasteiger partial charge >= 0.3 is 5.97 Å². The fraction of sp³-hybridized carbons (Fsp3) is 0.375. The maximum absolute atomic E-state index is 13.1. The minimum atomic E-state index is -0.410. The molecule has 6 nitrogen and oxygen atoms in total. The number of ether oxygens (including phenoxy) is 1. The van der Waals surface area contributed by atoms with Gasteiger partial charge in [0, 0.05) is 22.9 Å². The van der Waals surface area contributed by atoms with Gasteiger partial charge in [-0.1, -0.05) is 40.2 Å². The van der Waals surface area contributed by atoms with Gasteiger partial charge in [-0.2, -0.15) is 0 Å². The second-order valence-electron chi connectivity index (χ2n) is 8.75. The summed E-state index contributed by atoms with van der Waals surface area (Å²) in [6, 6.07) is 12.7. The van der Waals surface area contributed by atoms with Crippen LogP contribution in [0.15, 0.2) is 42.5 Å². The number of aryl methyl sites for hydroxylation is 2. The second-order valence-corrected chi connectivity index (χ2v) is 9.81. The third kappa shape index (κ3) is 3.26. The fourth-order valence-electron chi connectivity index (χ4n) is 5.49. The molecule has 1 aliphatic heterocycles. The normalized spacial score (nSPS) is 30.2. The van der Waals surface area contributed by atoms with E-state index in [0.717, 1.165) is 23.2 Å². The third-order valence-electron chi connectivity index (χ3n) is 6.94. The van der Waals surface area contributed by atoms with Gasteiger partial charge in [0.15, 0.2) is 0 Å². The standard InChI is InChI=1S/C24H23BrN2O4/c1-11-5-3-6-12(2)20(11)27-22(28)13-7-4-8-14(9-13)26-23(29)17-15-10-16-18(17)24(30)31-21(16)19(15)25/h3-9,15-19,21H,10H2,1-2H3,(H,26,29)(H,27,28)/t15-,16-,17-,18+,19+,21+/m1/s1. The monoisotopic (exact) mass is 482 g/mol. The van der Waals surface area contributed by atoms with Crippen molar-refractivity contribution in [1.82, 2.24) is 0 Å². The third-order valence-corrected chi connectivity index (χ3v) is 8.14. The molecular formula is C24H23BrN2O4. The Morgan fingerprint density at radius 1 is 1.03 bits per heavy atom. The van der Waals surface area contributed by atoms with Gasteiger partial charge in [0.1, 0.15) is 6.10 Å². The zero-order valence-electron chi connectivity index (χ0n) is 17.2. The molecular weight excluding hydrogens is 460 g/mol. The first-order valence-corrected chi connectivity index (χ1v) is 11.4. The predicted molar refractivity (Wildman–Crippen MR) is 120 cm³/mol. The minimum Gasteiger partial charge on any atom is -0.461 e. The molecule has 3 fully saturated rings. The number of nitrogens with one attached hydrogen (secondary N) is 2. The van der Waals surface area contributed by atoms with E-state index in [-0.39, 0.29) is 46.5 Å². The average molecular weight is 483 g/mol. The van der Waals surface area contributed by atoms with E-state index in [1.165, 1.54) is 0 Å². The first-order valence-electron chi connectivity index (χ1n) is 10.5. The van der Waals surface area contributed by atoms with Crippen molar-refractivity contribution in [2.75, 3.05) is 10.6 Å². The Morgan fingerprint density at radius 3 is 2.48 bits per heavy atom. The van der Waals surface area contributed by atoms with Crippen LogP contribution in [0.1, 0.15) is 27.9 Å². The summed E-state index contributed by atoms with van der Waals surface area (Å²) in [4.78, 5) is 38.2. The number of benzene rings is 2. The Labute approximate surface area is 188 Å². The molecule has 6 atom stereocenters. The highest BCUT2D eigenvalue weighted by molar-refractivity contribution is 9.09. The molecule has 3 aliphatic rings. The highest BCUT2D eigenvalue weighted by Gasteiger charge is 2.67. The second kappa shape index (κ2) is 7.48. The summed E-state index contributed by atoms with van der Waals surface area (Å²) in [6.07, 6.45) is 0.719. The van der Waals surface area contributed by atoms with Crippen molar-refractivity contribution in [2.45, 2.75) is 31.2 Å². The fourth-order valence-corrected chi connectivity index (χ4v) is 6.54. The Kier molecular flexibility index (Phi) is 4.88. The van der Waals surface area contributed by atoms with Crippen LogP contribution >= 0.6 is 15.9 Å². The predicted octanol–water partition coefficient (Wildman–Crippen LogP) is 4.07. The van der Waals surface area contributed by atoms with Gasteiger partial charge in [-0.25, -0.2) is 0 Å². The number of amides is 2. The summed E-state index contributed by atoms with van der Waals surface area (Å²) in [5.74, 6) is -1.26. The summed E-state index contributed by atoms with van der Waals surface area (Å²) in [5, 5.41) is 5.89. The molecule has 2 N–H and O–H groups in total. The van der Waals surface area contributed by atoms with E-state index in [2.05, 4.69) is 26.6 Å². The van der Waals surface area contributed by atoms with E-state index in [1.54, 1.807) is 24.3 Å². The molecule has 31 heavy (non-hydrogen) atoms. The van der Waals surface area contributed by atoms with Crippen LogP contribution in [0.3, 0.4) is 0 Å². The number of hydrogen-bond acceptors (Lipinski definition) is 4. The minimum absolute atomic E-state index is 0.0189. The molecule has 2 bridgehead atoms. The van der Waals surface area contributed by atoms with E-state index in [9.17, 15) is 14.4 Å². The lowest BCUT2D eigenvalue weighted by Crippen LogP contribution is -2.40. The SMILES string of the molecule is Cc1cccc(C)c1NC(=O)c1cccc(NC(=O)[C@@H]2[C@H]3C[C@H]4[C@H](OC(=O)[C@@H]42)[C@H]3Br)c1. The lowest BCUT2D eigenvalue weighted by atomic mass is 9.79. The summed E-state index contributed by atoms with van der Waals surface area (Å²) < 4.78 is 5.49. The molecule has 2 saturated carbocycles. The largest absolute Gasteiger partial charge is 0.461 e. The van der Waals surface area contributed by atoms with Gasteiger partial charge in [-0.15, -0.1) is 0 Å². The summed E-state index contributed by atoms with van der Waals surface area (Å²) in [6.45, 7) is 3.90. The highest BCUT2D eigenvalue weighted by Crippen LogP contribution is 2.60. The van der Waals surface area contributed by atoms with E-state index < -0.39 is 5.92 Å². The van der Waals surface area contributed by atoms with Crippen LogP contribution in [0.4, 0.5) is 11.4 Å². The zero-order valence-corrected chi connectivity index (χ0v) is 18.8. The van der Waals surface area contributed by atoms with E-state index in [4.69, 9.17) is 4.74 Å². The Bertz CT molecular complexity index is 1080.